The molecule has 2 aromatic carbocycles. The van der Waals surface area contributed by atoms with E-state index in [-0.39, 0.29) is 24.1 Å². The van der Waals surface area contributed by atoms with Crippen LogP contribution in [0.4, 0.5) is 10.5 Å². The molecule has 0 aromatic heterocycles. The maximum absolute atomic E-state index is 12.7. The summed E-state index contributed by atoms with van der Waals surface area (Å²) < 4.78 is 5.24. The summed E-state index contributed by atoms with van der Waals surface area (Å²) in [4.78, 5) is 15.1. The molecule has 6 nitrogen and oxygen atoms in total. The highest BCUT2D eigenvalue weighted by Crippen LogP contribution is 2.24. The maximum atomic E-state index is 12.7. The number of hydrogen-bond donors (Lipinski definition) is 2. The predicted octanol–water partition coefficient (Wildman–Crippen LogP) is 4.18. The normalized spacial score (nSPS) is 14.9. The van der Waals surface area contributed by atoms with Gasteiger partial charge in [-0.15, -0.1) is 0 Å². The van der Waals surface area contributed by atoms with Crippen LogP contribution in [0.5, 0.6) is 5.75 Å². The highest BCUT2D eigenvalue weighted by Gasteiger charge is 2.29. The number of ether oxygens (including phenoxy) is 1. The molecule has 1 atom stereocenters. The molecule has 0 aliphatic carbocycles. The molecule has 0 saturated heterocycles. The van der Waals surface area contributed by atoms with Crippen LogP contribution in [0.2, 0.25) is 0 Å². The SMILES string of the molecule is CC(C)(C)[C@H](CN1CCc2ccccc2C1)NC(=O)Nc1ccc(OCC#N)cc1. The first-order valence-corrected chi connectivity index (χ1v) is 10.3. The molecule has 2 N–H and O–H groups in total. The van der Waals surface area contributed by atoms with Gasteiger partial charge in [-0.2, -0.15) is 5.26 Å². The molecule has 0 bridgehead atoms. The average molecular weight is 407 g/mol. The highest BCUT2D eigenvalue weighted by atomic mass is 16.5. The summed E-state index contributed by atoms with van der Waals surface area (Å²) in [5.41, 5.74) is 3.40. The summed E-state index contributed by atoms with van der Waals surface area (Å²) in [6.45, 7) is 9.16. The van der Waals surface area contributed by atoms with E-state index in [1.807, 2.05) is 6.07 Å². The second-order valence-corrected chi connectivity index (χ2v) is 8.74. The molecule has 2 aromatic rings. The van der Waals surface area contributed by atoms with Crippen LogP contribution < -0.4 is 15.4 Å². The molecule has 3 rings (SSSR count). The van der Waals surface area contributed by atoms with Gasteiger partial charge in [0.2, 0.25) is 0 Å². The number of benzene rings is 2. The molecule has 0 unspecified atom stereocenters. The molecular weight excluding hydrogens is 376 g/mol. The van der Waals surface area contributed by atoms with Gasteiger partial charge in [0.1, 0.15) is 11.8 Å². The summed E-state index contributed by atoms with van der Waals surface area (Å²) in [6, 6.07) is 17.3. The van der Waals surface area contributed by atoms with Gasteiger partial charge in [0, 0.05) is 31.4 Å². The number of amides is 2. The first-order valence-electron chi connectivity index (χ1n) is 10.3. The summed E-state index contributed by atoms with van der Waals surface area (Å²) >= 11 is 0. The summed E-state index contributed by atoms with van der Waals surface area (Å²) in [5, 5.41) is 14.6. The Labute approximate surface area is 178 Å². The van der Waals surface area contributed by atoms with Crippen molar-refractivity contribution in [3.05, 3.63) is 59.7 Å². The highest BCUT2D eigenvalue weighted by molar-refractivity contribution is 5.89. The van der Waals surface area contributed by atoms with E-state index < -0.39 is 0 Å². The number of nitrogens with zero attached hydrogens (tertiary/aromatic N) is 2. The molecule has 6 heteroatoms. The second kappa shape index (κ2) is 9.64. The Morgan fingerprint density at radius 1 is 1.17 bits per heavy atom. The van der Waals surface area contributed by atoms with Crippen molar-refractivity contribution >= 4 is 11.7 Å². The Balaban J connectivity index is 1.58. The molecule has 0 radical (unpaired) electrons. The van der Waals surface area contributed by atoms with E-state index in [0.717, 1.165) is 26.1 Å². The van der Waals surface area contributed by atoms with Crippen molar-refractivity contribution in [3.63, 3.8) is 0 Å². The minimum absolute atomic E-state index is 0.000923. The van der Waals surface area contributed by atoms with Crippen LogP contribution in [0, 0.1) is 16.7 Å². The Morgan fingerprint density at radius 2 is 1.87 bits per heavy atom. The maximum Gasteiger partial charge on any atom is 0.319 e. The lowest BCUT2D eigenvalue weighted by atomic mass is 9.86. The van der Waals surface area contributed by atoms with Gasteiger partial charge in [-0.05, 0) is 47.2 Å². The fourth-order valence-electron chi connectivity index (χ4n) is 3.58. The first-order chi connectivity index (χ1) is 14.3. The van der Waals surface area contributed by atoms with Crippen LogP contribution in [-0.4, -0.2) is 36.7 Å². The lowest BCUT2D eigenvalue weighted by Gasteiger charge is -2.37. The third-order valence-corrected chi connectivity index (χ3v) is 5.42. The molecule has 0 spiro atoms. The zero-order valence-corrected chi connectivity index (χ0v) is 17.9. The summed E-state index contributed by atoms with van der Waals surface area (Å²) in [5.74, 6) is 0.598. The minimum Gasteiger partial charge on any atom is -0.479 e. The smallest absolute Gasteiger partial charge is 0.319 e. The molecule has 30 heavy (non-hydrogen) atoms. The van der Waals surface area contributed by atoms with Crippen molar-refractivity contribution in [1.29, 1.82) is 5.26 Å². The third-order valence-electron chi connectivity index (χ3n) is 5.42. The van der Waals surface area contributed by atoms with Crippen LogP contribution >= 0.6 is 0 Å². The van der Waals surface area contributed by atoms with Gasteiger partial charge in [-0.1, -0.05) is 45.0 Å². The second-order valence-electron chi connectivity index (χ2n) is 8.74. The number of rotatable bonds is 6. The van der Waals surface area contributed by atoms with Crippen LogP contribution in [0.3, 0.4) is 0 Å². The van der Waals surface area contributed by atoms with Crippen LogP contribution in [-0.2, 0) is 13.0 Å². The zero-order chi connectivity index (χ0) is 21.6. The molecule has 1 aliphatic heterocycles. The summed E-state index contributed by atoms with van der Waals surface area (Å²) in [6.07, 6.45) is 1.04. The standard InChI is InChI=1S/C24H30N4O2/c1-24(2,3)22(17-28-14-12-18-6-4-5-7-19(18)16-28)27-23(29)26-20-8-10-21(11-9-20)30-15-13-25/h4-11,22H,12,14-17H2,1-3H3,(H2,26,27,29)/t22-/m0/s1. The van der Waals surface area contributed by atoms with Gasteiger partial charge < -0.3 is 15.4 Å². The number of urea groups is 1. The quantitative estimate of drug-likeness (QED) is 0.754. The number of anilines is 1. The van der Waals surface area contributed by atoms with E-state index in [2.05, 4.69) is 60.6 Å². The topological polar surface area (TPSA) is 77.4 Å². The largest absolute Gasteiger partial charge is 0.479 e. The van der Waals surface area contributed by atoms with E-state index in [1.54, 1.807) is 24.3 Å². The Hall–Kier alpha value is -3.04. The average Bonchev–Trinajstić information content (AvgIpc) is 2.72. The number of carbonyl (C=O) groups excluding carboxylic acids is 1. The lowest BCUT2D eigenvalue weighted by Crippen LogP contribution is -2.52. The minimum atomic E-state index is -0.224. The van der Waals surface area contributed by atoms with Gasteiger partial charge in [-0.3, -0.25) is 4.90 Å². The van der Waals surface area contributed by atoms with Crippen molar-refractivity contribution < 1.29 is 9.53 Å². The van der Waals surface area contributed by atoms with Gasteiger partial charge >= 0.3 is 6.03 Å². The molecule has 2 amide bonds. The Bertz CT molecular complexity index is 897. The van der Waals surface area contributed by atoms with E-state index in [9.17, 15) is 4.79 Å². The number of nitriles is 1. The van der Waals surface area contributed by atoms with Crippen LogP contribution in [0.25, 0.3) is 0 Å². The fourth-order valence-corrected chi connectivity index (χ4v) is 3.58. The van der Waals surface area contributed by atoms with Gasteiger partial charge in [0.25, 0.3) is 0 Å². The molecule has 1 aliphatic rings. The van der Waals surface area contributed by atoms with Crippen LogP contribution in [0.15, 0.2) is 48.5 Å². The molecule has 1 heterocycles. The Kier molecular flexibility index (Phi) is 6.96. The van der Waals surface area contributed by atoms with E-state index in [0.29, 0.717) is 11.4 Å². The van der Waals surface area contributed by atoms with E-state index >= 15 is 0 Å². The molecule has 0 fully saturated rings. The van der Waals surface area contributed by atoms with Crippen molar-refractivity contribution in [2.45, 2.75) is 39.8 Å². The van der Waals surface area contributed by atoms with E-state index in [1.165, 1.54) is 11.1 Å². The number of nitrogens with one attached hydrogen (secondary N) is 2. The Morgan fingerprint density at radius 3 is 2.53 bits per heavy atom. The fraction of sp³-hybridized carbons (Fsp3) is 0.417. The van der Waals surface area contributed by atoms with Crippen molar-refractivity contribution in [3.8, 4) is 11.8 Å². The van der Waals surface area contributed by atoms with Gasteiger partial charge in [0.15, 0.2) is 6.61 Å². The van der Waals surface area contributed by atoms with Crippen molar-refractivity contribution in [2.24, 2.45) is 5.41 Å². The van der Waals surface area contributed by atoms with Crippen molar-refractivity contribution in [2.75, 3.05) is 25.0 Å². The van der Waals surface area contributed by atoms with Gasteiger partial charge in [0.05, 0.1) is 0 Å². The molecular formula is C24H30N4O2. The van der Waals surface area contributed by atoms with E-state index in [4.69, 9.17) is 10.00 Å². The third kappa shape index (κ3) is 5.98. The monoisotopic (exact) mass is 406 g/mol. The van der Waals surface area contributed by atoms with Crippen LogP contribution in [0.1, 0.15) is 31.9 Å². The first kappa shape index (κ1) is 21.7. The predicted molar refractivity (Wildman–Crippen MR) is 118 cm³/mol. The number of hydrogen-bond acceptors (Lipinski definition) is 4. The zero-order valence-electron chi connectivity index (χ0n) is 17.9. The summed E-state index contributed by atoms with van der Waals surface area (Å²) in [7, 11) is 0. The van der Waals surface area contributed by atoms with Crippen molar-refractivity contribution in [1.82, 2.24) is 10.2 Å². The lowest BCUT2D eigenvalue weighted by molar-refractivity contribution is 0.164. The number of carbonyl (C=O) groups is 1. The molecule has 158 valence electrons. The van der Waals surface area contributed by atoms with Gasteiger partial charge in [-0.25, -0.2) is 4.79 Å². The number of fused-ring (bicyclic) bond motifs is 1. The molecule has 0 saturated carbocycles.